The summed E-state index contributed by atoms with van der Waals surface area (Å²) in [5, 5.41) is 9.47. The fourth-order valence-electron chi connectivity index (χ4n) is 3.41. The van der Waals surface area contributed by atoms with Crippen LogP contribution >= 0.6 is 0 Å². The molecule has 1 amide bonds. The van der Waals surface area contributed by atoms with Gasteiger partial charge in [0.05, 0.1) is 24.2 Å². The third-order valence-electron chi connectivity index (χ3n) is 4.96. The van der Waals surface area contributed by atoms with Crippen molar-refractivity contribution in [1.29, 1.82) is 0 Å². The van der Waals surface area contributed by atoms with Crippen molar-refractivity contribution in [2.24, 2.45) is 0 Å². The van der Waals surface area contributed by atoms with Crippen molar-refractivity contribution < 1.29 is 9.90 Å². The number of benzene rings is 1. The van der Waals surface area contributed by atoms with Gasteiger partial charge in [0.25, 0.3) is 5.91 Å². The van der Waals surface area contributed by atoms with E-state index in [2.05, 4.69) is 16.8 Å². The summed E-state index contributed by atoms with van der Waals surface area (Å²) in [5.41, 5.74) is 2.63. The smallest absolute Gasteiger partial charge is 0.256 e. The number of aryl methyl sites for hydroxylation is 1. The number of amides is 1. The zero-order valence-corrected chi connectivity index (χ0v) is 14.9. The standard InChI is InChI=1S/C19H26N4O2/c1-3-16(13-24)21-8-10-22(11-9-21)19(25)17-12-15(2)4-5-18(17)23-7-6-20-14-23/h4-7,12,14,16,24H,3,8-11,13H2,1-2H3. The highest BCUT2D eigenvalue weighted by Crippen LogP contribution is 2.20. The highest BCUT2D eigenvalue weighted by Gasteiger charge is 2.27. The number of aliphatic hydroxyl groups is 1. The van der Waals surface area contributed by atoms with Gasteiger partial charge in [-0.15, -0.1) is 0 Å². The highest BCUT2D eigenvalue weighted by atomic mass is 16.3. The second kappa shape index (κ2) is 7.80. The molecule has 6 nitrogen and oxygen atoms in total. The SMILES string of the molecule is CCC(CO)N1CCN(C(=O)c2cc(C)ccc2-n2ccnc2)CC1. The number of carbonyl (C=O) groups is 1. The van der Waals surface area contributed by atoms with Crippen LogP contribution in [0.5, 0.6) is 0 Å². The van der Waals surface area contributed by atoms with E-state index in [0.29, 0.717) is 18.7 Å². The van der Waals surface area contributed by atoms with Crippen molar-refractivity contribution in [3.05, 3.63) is 48.0 Å². The Hall–Kier alpha value is -2.18. The van der Waals surface area contributed by atoms with Crippen LogP contribution in [0.25, 0.3) is 5.69 Å². The predicted octanol–water partition coefficient (Wildman–Crippen LogP) is 1.71. The molecule has 1 saturated heterocycles. The second-order valence-electron chi connectivity index (χ2n) is 6.56. The van der Waals surface area contributed by atoms with Crippen molar-refractivity contribution in [3.63, 3.8) is 0 Å². The maximum Gasteiger partial charge on any atom is 0.256 e. The number of hydrogen-bond donors (Lipinski definition) is 1. The summed E-state index contributed by atoms with van der Waals surface area (Å²) in [6.07, 6.45) is 6.21. The Balaban J connectivity index is 1.77. The van der Waals surface area contributed by atoms with Gasteiger partial charge in [-0.2, -0.15) is 0 Å². The topological polar surface area (TPSA) is 61.6 Å². The van der Waals surface area contributed by atoms with Crippen molar-refractivity contribution in [2.45, 2.75) is 26.3 Å². The van der Waals surface area contributed by atoms with Crippen LogP contribution in [0.3, 0.4) is 0 Å². The van der Waals surface area contributed by atoms with Crippen molar-refractivity contribution in [2.75, 3.05) is 32.8 Å². The van der Waals surface area contributed by atoms with E-state index in [4.69, 9.17) is 0 Å². The third-order valence-corrected chi connectivity index (χ3v) is 4.96. The van der Waals surface area contributed by atoms with Gasteiger partial charge >= 0.3 is 0 Å². The van der Waals surface area contributed by atoms with Gasteiger partial charge in [-0.25, -0.2) is 4.98 Å². The van der Waals surface area contributed by atoms with Crippen molar-refractivity contribution >= 4 is 5.91 Å². The number of carbonyl (C=O) groups excluding carboxylic acids is 1. The Bertz CT molecular complexity index is 702. The van der Waals surface area contributed by atoms with E-state index in [-0.39, 0.29) is 18.6 Å². The molecular formula is C19H26N4O2. The average molecular weight is 342 g/mol. The fourth-order valence-corrected chi connectivity index (χ4v) is 3.41. The molecular weight excluding hydrogens is 316 g/mol. The quantitative estimate of drug-likeness (QED) is 0.899. The molecule has 6 heteroatoms. The molecule has 1 unspecified atom stereocenters. The van der Waals surface area contributed by atoms with Crippen LogP contribution in [0, 0.1) is 6.92 Å². The van der Waals surface area contributed by atoms with Crippen LogP contribution < -0.4 is 0 Å². The van der Waals surface area contributed by atoms with E-state index in [0.717, 1.165) is 30.8 Å². The molecule has 0 radical (unpaired) electrons. The first-order valence-electron chi connectivity index (χ1n) is 8.87. The summed E-state index contributed by atoms with van der Waals surface area (Å²) in [6, 6.07) is 6.13. The second-order valence-corrected chi connectivity index (χ2v) is 6.56. The Morgan fingerprint density at radius 3 is 2.64 bits per heavy atom. The molecule has 1 aromatic carbocycles. The molecule has 2 aromatic rings. The molecule has 1 aliphatic rings. The van der Waals surface area contributed by atoms with Crippen LogP contribution in [0.2, 0.25) is 0 Å². The van der Waals surface area contributed by atoms with E-state index < -0.39 is 0 Å². The van der Waals surface area contributed by atoms with E-state index in [1.165, 1.54) is 0 Å². The Kier molecular flexibility index (Phi) is 5.50. The Labute approximate surface area is 148 Å². The monoisotopic (exact) mass is 342 g/mol. The number of nitrogens with zero attached hydrogens (tertiary/aromatic N) is 4. The molecule has 0 bridgehead atoms. The maximum absolute atomic E-state index is 13.1. The summed E-state index contributed by atoms with van der Waals surface area (Å²) >= 11 is 0. The summed E-state index contributed by atoms with van der Waals surface area (Å²) in [6.45, 7) is 7.24. The molecule has 2 heterocycles. The summed E-state index contributed by atoms with van der Waals surface area (Å²) in [4.78, 5) is 21.4. The third kappa shape index (κ3) is 3.75. The highest BCUT2D eigenvalue weighted by molar-refractivity contribution is 5.98. The van der Waals surface area contributed by atoms with Gasteiger partial charge in [0.15, 0.2) is 0 Å². The van der Waals surface area contributed by atoms with Crippen LogP contribution in [-0.4, -0.2) is 69.2 Å². The van der Waals surface area contributed by atoms with E-state index >= 15 is 0 Å². The largest absolute Gasteiger partial charge is 0.395 e. The van der Waals surface area contributed by atoms with Gasteiger partial charge in [0, 0.05) is 44.6 Å². The lowest BCUT2D eigenvalue weighted by Crippen LogP contribution is -2.52. The van der Waals surface area contributed by atoms with Crippen molar-refractivity contribution in [1.82, 2.24) is 19.4 Å². The van der Waals surface area contributed by atoms with E-state index in [9.17, 15) is 9.90 Å². The minimum atomic E-state index is 0.0593. The van der Waals surface area contributed by atoms with Gasteiger partial charge in [-0.1, -0.05) is 18.6 Å². The van der Waals surface area contributed by atoms with Gasteiger partial charge < -0.3 is 14.6 Å². The van der Waals surface area contributed by atoms with Crippen LogP contribution in [0.15, 0.2) is 36.9 Å². The molecule has 1 aliphatic heterocycles. The summed E-state index contributed by atoms with van der Waals surface area (Å²) < 4.78 is 1.88. The molecule has 25 heavy (non-hydrogen) atoms. The zero-order chi connectivity index (χ0) is 17.8. The first-order chi connectivity index (χ1) is 12.1. The normalized spacial score (nSPS) is 16.8. The first kappa shape index (κ1) is 17.6. The molecule has 1 N–H and O–H groups in total. The van der Waals surface area contributed by atoms with Gasteiger partial charge in [-0.3, -0.25) is 9.69 Å². The minimum absolute atomic E-state index is 0.0593. The number of piperazine rings is 1. The Morgan fingerprint density at radius 1 is 1.28 bits per heavy atom. The average Bonchev–Trinajstić information content (AvgIpc) is 3.17. The zero-order valence-electron chi connectivity index (χ0n) is 14.9. The Morgan fingerprint density at radius 2 is 2.04 bits per heavy atom. The predicted molar refractivity (Wildman–Crippen MR) is 96.9 cm³/mol. The first-order valence-corrected chi connectivity index (χ1v) is 8.87. The van der Waals surface area contributed by atoms with Gasteiger partial charge in [-0.05, 0) is 25.5 Å². The molecule has 3 rings (SSSR count). The molecule has 1 atom stereocenters. The molecule has 1 aromatic heterocycles. The number of aromatic nitrogens is 2. The fraction of sp³-hybridized carbons (Fsp3) is 0.474. The summed E-state index contributed by atoms with van der Waals surface area (Å²) in [7, 11) is 0. The van der Waals surface area contributed by atoms with Gasteiger partial charge in [0.2, 0.25) is 0 Å². The van der Waals surface area contributed by atoms with Crippen LogP contribution in [-0.2, 0) is 0 Å². The lowest BCUT2D eigenvalue weighted by atomic mass is 10.1. The lowest BCUT2D eigenvalue weighted by molar-refractivity contribution is 0.0472. The number of hydrogen-bond acceptors (Lipinski definition) is 4. The van der Waals surface area contributed by atoms with Gasteiger partial charge in [0.1, 0.15) is 0 Å². The number of aliphatic hydroxyl groups excluding tert-OH is 1. The van der Waals surface area contributed by atoms with E-state index in [1.807, 2.05) is 40.8 Å². The van der Waals surface area contributed by atoms with Crippen LogP contribution in [0.4, 0.5) is 0 Å². The molecule has 0 saturated carbocycles. The molecule has 1 fully saturated rings. The minimum Gasteiger partial charge on any atom is -0.395 e. The van der Waals surface area contributed by atoms with E-state index in [1.54, 1.807) is 12.5 Å². The van der Waals surface area contributed by atoms with Crippen LogP contribution in [0.1, 0.15) is 29.3 Å². The lowest BCUT2D eigenvalue weighted by Gasteiger charge is -2.38. The van der Waals surface area contributed by atoms with Crippen molar-refractivity contribution in [3.8, 4) is 5.69 Å². The number of rotatable bonds is 5. The molecule has 0 aliphatic carbocycles. The number of imidazole rings is 1. The molecule has 134 valence electrons. The molecule has 0 spiro atoms. The summed E-state index contributed by atoms with van der Waals surface area (Å²) in [5.74, 6) is 0.0593. The maximum atomic E-state index is 13.1.